The van der Waals surface area contributed by atoms with Gasteiger partial charge in [0, 0.05) is 143 Å². The molecule has 4 aliphatic heterocycles. The normalized spacial score (nSPS) is 15.8. The smallest absolute Gasteiger partial charge is 0.248 e. The summed E-state index contributed by atoms with van der Waals surface area (Å²) in [5, 5.41) is 51.8. The van der Waals surface area contributed by atoms with Crippen molar-refractivity contribution in [2.45, 2.75) is 61.7 Å². The first-order chi connectivity index (χ1) is 48.7. The molecule has 5 aromatic carbocycles. The first kappa shape index (κ1) is 68.8. The summed E-state index contributed by atoms with van der Waals surface area (Å²) in [6.07, 6.45) is 13.2. The molecule has 8 heterocycles. The number of benzene rings is 5. The molecule has 512 valence electrons. The predicted molar refractivity (Wildman–Crippen MR) is 374 cm³/mol. The number of sulfone groups is 1. The van der Waals surface area contributed by atoms with Gasteiger partial charge >= 0.3 is 0 Å². The number of aliphatic hydroxyl groups is 1. The minimum absolute atomic E-state index is 0.0776. The molecule has 0 atom stereocenters. The summed E-state index contributed by atoms with van der Waals surface area (Å²) in [6, 6.07) is 45.4. The maximum Gasteiger partial charge on any atom is 0.248 e. The second-order valence-corrected chi connectivity index (χ2v) is 26.6. The standard InChI is InChI=1S/C28H30N6O2.C25H25N5O5S.C20H20N6O2/c29-16-22-15-21(3-8-26(22)36-17-20-1-2-20)28-30-10-9-27(32-28)31-23-4-6-24(7-5-23)33-11-13-34(14-12-33)25-18-35-19-25;1-36(33,34)21-5-3-19(4-6-21)28-23-8-11-27-25(29-23)17-2-7-22(18(14-17)15-26)35-20-9-12-30(13-10-20)24(32)16-31;1-26-9-5-19(25-26)23-18-4-8-22-20(24-18)14-2-3-17(15(12-14)13-21)28-16-6-10-27-11-7-16/h3-10,15,20,25H,1-2,11-14,17-19H2,(H,30,31,32);2-8,11,14,20,31H,9-10,12-13,16H2,1H3,(H,27,28,29);2-5,8-9,12,16H,6-7,10-11H2,1H3,(H,22,23,24,25). The van der Waals surface area contributed by atoms with E-state index in [1.165, 1.54) is 30.7 Å². The van der Waals surface area contributed by atoms with Crippen LogP contribution in [0.1, 0.15) is 55.2 Å². The van der Waals surface area contributed by atoms with Crippen molar-refractivity contribution in [2.24, 2.45) is 13.0 Å². The third kappa shape index (κ3) is 18.3. The average molecular weight is 1370 g/mol. The van der Waals surface area contributed by atoms with Gasteiger partial charge in [0.15, 0.2) is 33.1 Å². The number of aryl methyl sites for hydroxylation is 1. The molecular formula is C73H75N17O9S. The number of ether oxygens (including phenoxy) is 5. The Labute approximate surface area is 579 Å². The molecule has 0 radical (unpaired) electrons. The van der Waals surface area contributed by atoms with Crippen LogP contribution in [-0.2, 0) is 31.2 Å². The van der Waals surface area contributed by atoms with Crippen LogP contribution in [0.5, 0.6) is 17.2 Å². The molecular weight excluding hydrogens is 1290 g/mol. The largest absolute Gasteiger partial charge is 0.492 e. The lowest BCUT2D eigenvalue weighted by molar-refractivity contribution is -0.135. The molecule has 1 amide bonds. The Morgan fingerprint density at radius 2 is 1.07 bits per heavy atom. The highest BCUT2D eigenvalue weighted by Gasteiger charge is 2.30. The van der Waals surface area contributed by atoms with Crippen LogP contribution >= 0.6 is 0 Å². The number of hydrogen-bond donors (Lipinski definition) is 4. The minimum Gasteiger partial charge on any atom is -0.492 e. The number of piperidine rings is 1. The second-order valence-electron chi connectivity index (χ2n) is 24.6. The fourth-order valence-corrected chi connectivity index (χ4v) is 12.1. The van der Waals surface area contributed by atoms with E-state index in [9.17, 15) is 29.0 Å². The summed E-state index contributed by atoms with van der Waals surface area (Å²) in [6.45, 7) is 8.54. The number of hydrogen-bond acceptors (Lipinski definition) is 24. The van der Waals surface area contributed by atoms with Gasteiger partial charge in [-0.3, -0.25) is 14.4 Å². The molecule has 4 aromatic heterocycles. The molecule has 27 heteroatoms. The van der Waals surface area contributed by atoms with E-state index in [1.807, 2.05) is 49.6 Å². The molecule has 100 heavy (non-hydrogen) atoms. The quantitative estimate of drug-likeness (QED) is 0.0551. The maximum atomic E-state index is 11.6. The molecule has 1 aliphatic carbocycles. The number of aliphatic hydroxyl groups excluding tert-OH is 1. The Morgan fingerprint density at radius 1 is 0.580 bits per heavy atom. The van der Waals surface area contributed by atoms with E-state index in [2.05, 4.69) is 103 Å². The summed E-state index contributed by atoms with van der Waals surface area (Å²) >= 11 is 0. The zero-order valence-electron chi connectivity index (χ0n) is 55.4. The maximum absolute atomic E-state index is 11.6. The van der Waals surface area contributed by atoms with Crippen LogP contribution in [0.15, 0.2) is 157 Å². The number of piperazine rings is 1. The number of rotatable bonds is 20. The van der Waals surface area contributed by atoms with Crippen molar-refractivity contribution >= 4 is 56.1 Å². The summed E-state index contributed by atoms with van der Waals surface area (Å²) in [7, 11) is -1.43. The summed E-state index contributed by atoms with van der Waals surface area (Å²) in [5.41, 5.74) is 6.37. The van der Waals surface area contributed by atoms with Gasteiger partial charge < -0.3 is 54.5 Å². The number of amides is 1. The highest BCUT2D eigenvalue weighted by molar-refractivity contribution is 7.90. The van der Waals surface area contributed by atoms with Gasteiger partial charge in [-0.15, -0.1) is 0 Å². The van der Waals surface area contributed by atoms with Crippen LogP contribution in [0.4, 0.5) is 40.3 Å². The third-order valence-electron chi connectivity index (χ3n) is 17.4. The molecule has 0 unspecified atom stereocenters. The van der Waals surface area contributed by atoms with Gasteiger partial charge in [-0.25, -0.2) is 38.3 Å². The van der Waals surface area contributed by atoms with E-state index in [1.54, 1.807) is 82.8 Å². The van der Waals surface area contributed by atoms with Gasteiger partial charge in [0.2, 0.25) is 5.91 Å². The molecule has 14 rings (SSSR count). The van der Waals surface area contributed by atoms with Crippen molar-refractivity contribution in [3.05, 3.63) is 169 Å². The van der Waals surface area contributed by atoms with Gasteiger partial charge in [-0.2, -0.15) is 20.9 Å². The number of anilines is 7. The summed E-state index contributed by atoms with van der Waals surface area (Å²) in [4.78, 5) is 45.2. The van der Waals surface area contributed by atoms with Gasteiger partial charge in [0.25, 0.3) is 0 Å². The van der Waals surface area contributed by atoms with Crippen LogP contribution < -0.4 is 35.1 Å². The number of nitriles is 3. The highest BCUT2D eigenvalue weighted by atomic mass is 32.2. The fraction of sp³-hybridized carbons (Fsp3) is 0.329. The SMILES string of the molecule is CS(=O)(=O)c1ccc(Nc2ccnc(-c3ccc(OC4CCN(C(=O)CO)CC4)c(C#N)c3)n2)cc1.Cn1ccc(Nc2ccnc(-c3ccc(OC4CCOCC4)c(C#N)c3)n2)n1.N#Cc1cc(-c2nccc(Nc3ccc(N4CCN(C5COC5)CC4)cc3)n2)ccc1OCC1CC1. The van der Waals surface area contributed by atoms with Crippen LogP contribution in [0.25, 0.3) is 34.2 Å². The van der Waals surface area contributed by atoms with E-state index in [4.69, 9.17) is 28.8 Å². The first-order valence-corrected chi connectivity index (χ1v) is 34.9. The zero-order chi connectivity index (χ0) is 69.4. The molecule has 4 N–H and O–H groups in total. The molecule has 9 aromatic rings. The minimum atomic E-state index is -3.28. The fourth-order valence-electron chi connectivity index (χ4n) is 11.5. The lowest BCUT2D eigenvalue weighted by Gasteiger charge is -2.43. The average Bonchev–Trinajstić information content (AvgIpc) is 0.875. The van der Waals surface area contributed by atoms with E-state index < -0.39 is 16.4 Å². The van der Waals surface area contributed by atoms with Crippen molar-refractivity contribution in [2.75, 3.05) is 106 Å². The van der Waals surface area contributed by atoms with Crippen molar-refractivity contribution < 1.29 is 42.0 Å². The summed E-state index contributed by atoms with van der Waals surface area (Å²) < 4.78 is 53.6. The van der Waals surface area contributed by atoms with E-state index in [0.29, 0.717) is 144 Å². The topological polar surface area (TPSA) is 330 Å². The number of carbonyl (C=O) groups excluding carboxylic acids is 1. The van der Waals surface area contributed by atoms with Crippen molar-refractivity contribution in [3.63, 3.8) is 0 Å². The Bertz CT molecular complexity index is 4550. The molecule has 0 bridgehead atoms. The zero-order valence-corrected chi connectivity index (χ0v) is 56.2. The molecule has 5 aliphatic rings. The number of carbonyl (C=O) groups is 1. The van der Waals surface area contributed by atoms with Crippen LogP contribution in [0.3, 0.4) is 0 Å². The van der Waals surface area contributed by atoms with Gasteiger partial charge in [-0.05, 0) is 140 Å². The second kappa shape index (κ2) is 32.5. The van der Waals surface area contributed by atoms with E-state index >= 15 is 0 Å². The van der Waals surface area contributed by atoms with Gasteiger partial charge in [0.05, 0.1) is 60.7 Å². The van der Waals surface area contributed by atoms with Crippen molar-refractivity contribution in [1.29, 1.82) is 15.8 Å². The molecule has 26 nitrogen and oxygen atoms in total. The van der Waals surface area contributed by atoms with E-state index in [0.717, 1.165) is 75.3 Å². The Morgan fingerprint density at radius 3 is 1.53 bits per heavy atom. The number of nitrogens with one attached hydrogen (secondary N) is 3. The molecule has 5 fully saturated rings. The number of likely N-dealkylation sites (tertiary alicyclic amines) is 1. The monoisotopic (exact) mass is 1370 g/mol. The van der Waals surface area contributed by atoms with E-state index in [-0.39, 0.29) is 23.0 Å². The molecule has 0 spiro atoms. The third-order valence-corrected chi connectivity index (χ3v) is 18.5. The van der Waals surface area contributed by atoms with Gasteiger partial charge in [0.1, 0.15) is 71.7 Å². The van der Waals surface area contributed by atoms with Crippen LogP contribution in [0.2, 0.25) is 0 Å². The number of aromatic nitrogens is 8. The number of nitrogens with zero attached hydrogens (tertiary/aromatic N) is 14. The molecule has 1 saturated carbocycles. The van der Waals surface area contributed by atoms with Gasteiger partial charge in [-0.1, -0.05) is 0 Å². The lowest BCUT2D eigenvalue weighted by Crippen LogP contribution is -2.56. The Hall–Kier alpha value is -11.1. The summed E-state index contributed by atoms with van der Waals surface area (Å²) in [5.74, 6) is 6.04. The predicted octanol–water partition coefficient (Wildman–Crippen LogP) is 9.64. The first-order valence-electron chi connectivity index (χ1n) is 33.1. The van der Waals surface area contributed by atoms with Crippen LogP contribution in [0, 0.1) is 39.9 Å². The highest BCUT2D eigenvalue weighted by Crippen LogP contribution is 2.34. The lowest BCUT2D eigenvalue weighted by atomic mass is 10.1. The Kier molecular flexibility index (Phi) is 22.4. The van der Waals surface area contributed by atoms with Crippen molar-refractivity contribution in [3.8, 4) is 69.6 Å². The van der Waals surface area contributed by atoms with Crippen LogP contribution in [-0.4, -0.2) is 172 Å². The van der Waals surface area contributed by atoms with Crippen molar-refractivity contribution in [1.82, 2.24) is 49.5 Å². The molecule has 4 saturated heterocycles. The Balaban J connectivity index is 0.000000143.